The number of ether oxygens (including phenoxy) is 3. The first-order chi connectivity index (χ1) is 14.5. The van der Waals surface area contributed by atoms with Crippen LogP contribution in [0.2, 0.25) is 0 Å². The maximum Gasteiger partial charge on any atom is 0.326 e. The van der Waals surface area contributed by atoms with Gasteiger partial charge in [-0.25, -0.2) is 4.39 Å². The molecule has 4 rings (SSSR count). The predicted octanol–water partition coefficient (Wildman–Crippen LogP) is 2.64. The number of carbonyl (C=O) groups excluding carboxylic acids is 2. The molecule has 1 N–H and O–H groups in total. The second-order valence-corrected chi connectivity index (χ2v) is 6.34. The van der Waals surface area contributed by atoms with Crippen LogP contribution in [0.3, 0.4) is 0 Å². The molecule has 154 valence electrons. The Labute approximate surface area is 169 Å². The molecule has 10 heteroatoms. The molecule has 1 aromatic heterocycles. The van der Waals surface area contributed by atoms with Gasteiger partial charge in [-0.05, 0) is 49.4 Å². The molecule has 30 heavy (non-hydrogen) atoms. The summed E-state index contributed by atoms with van der Waals surface area (Å²) in [7, 11) is 0. The van der Waals surface area contributed by atoms with Crippen LogP contribution in [0.1, 0.15) is 29.3 Å². The van der Waals surface area contributed by atoms with Crippen molar-refractivity contribution in [1.29, 1.82) is 0 Å². The molecule has 1 aliphatic heterocycles. The lowest BCUT2D eigenvalue weighted by Crippen LogP contribution is -2.31. The zero-order valence-electron chi connectivity index (χ0n) is 15.8. The van der Waals surface area contributed by atoms with Gasteiger partial charge in [0.05, 0.1) is 0 Å². The van der Waals surface area contributed by atoms with Crippen LogP contribution in [0.5, 0.6) is 11.5 Å². The van der Waals surface area contributed by atoms with Crippen molar-refractivity contribution >= 4 is 11.9 Å². The van der Waals surface area contributed by atoms with Gasteiger partial charge >= 0.3 is 5.97 Å². The van der Waals surface area contributed by atoms with Gasteiger partial charge in [0.1, 0.15) is 12.4 Å². The van der Waals surface area contributed by atoms with Gasteiger partial charge in [-0.15, -0.1) is 10.2 Å². The number of aromatic nitrogens is 2. The molecule has 0 saturated carbocycles. The number of nitrogens with zero attached hydrogens (tertiary/aromatic N) is 2. The predicted molar refractivity (Wildman–Crippen MR) is 99.1 cm³/mol. The Balaban J connectivity index is 1.30. The van der Waals surface area contributed by atoms with Crippen molar-refractivity contribution < 1.29 is 32.6 Å². The van der Waals surface area contributed by atoms with Crippen molar-refractivity contribution in [1.82, 2.24) is 15.5 Å². The van der Waals surface area contributed by atoms with Gasteiger partial charge in [0.25, 0.3) is 11.8 Å². The molecule has 0 radical (unpaired) electrons. The fraction of sp³-hybridized carbons (Fsp3) is 0.200. The van der Waals surface area contributed by atoms with Crippen LogP contribution in [0.15, 0.2) is 46.9 Å². The van der Waals surface area contributed by atoms with Crippen LogP contribution in [-0.4, -0.2) is 35.4 Å². The number of rotatable bonds is 6. The van der Waals surface area contributed by atoms with Crippen LogP contribution in [0.25, 0.3) is 11.5 Å². The molecule has 3 aromatic rings. The number of halogens is 1. The first-order valence-corrected chi connectivity index (χ1v) is 8.96. The highest BCUT2D eigenvalue weighted by Gasteiger charge is 2.20. The molecule has 0 bridgehead atoms. The summed E-state index contributed by atoms with van der Waals surface area (Å²) in [5, 5.41) is 10.2. The maximum absolute atomic E-state index is 13.0. The standard InChI is InChI=1S/C20H16FN3O6/c1-11(19-23-24-20(30-19)12-2-5-14(21)6-3-12)29-17(25)9-22-18(26)13-4-7-15-16(8-13)28-10-27-15/h2-8,11H,9-10H2,1H3,(H,22,26)/t11-/m1/s1. The second-order valence-electron chi connectivity index (χ2n) is 6.34. The van der Waals surface area contributed by atoms with Gasteiger partial charge < -0.3 is 23.9 Å². The second kappa shape index (κ2) is 8.19. The minimum absolute atomic E-state index is 0.0739. The lowest BCUT2D eigenvalue weighted by Gasteiger charge is -2.10. The topological polar surface area (TPSA) is 113 Å². The summed E-state index contributed by atoms with van der Waals surface area (Å²) in [6.45, 7) is 1.30. The molecule has 0 fully saturated rings. The van der Waals surface area contributed by atoms with E-state index >= 15 is 0 Å². The van der Waals surface area contributed by atoms with E-state index in [4.69, 9.17) is 18.6 Å². The average Bonchev–Trinajstić information content (AvgIpc) is 3.41. The number of carbonyl (C=O) groups is 2. The molecule has 2 aromatic carbocycles. The van der Waals surface area contributed by atoms with Crippen molar-refractivity contribution in [2.45, 2.75) is 13.0 Å². The summed E-state index contributed by atoms with van der Waals surface area (Å²) in [5.41, 5.74) is 0.852. The summed E-state index contributed by atoms with van der Waals surface area (Å²) < 4.78 is 34.1. The number of fused-ring (bicyclic) bond motifs is 1. The summed E-state index contributed by atoms with van der Waals surface area (Å²) in [6, 6.07) is 10.2. The number of nitrogens with one attached hydrogen (secondary N) is 1. The van der Waals surface area contributed by atoms with Crippen LogP contribution >= 0.6 is 0 Å². The zero-order valence-corrected chi connectivity index (χ0v) is 15.8. The van der Waals surface area contributed by atoms with Gasteiger partial charge in [-0.3, -0.25) is 9.59 Å². The maximum atomic E-state index is 13.0. The fourth-order valence-electron chi connectivity index (χ4n) is 2.69. The first kappa shape index (κ1) is 19.4. The third-order valence-electron chi connectivity index (χ3n) is 4.22. The van der Waals surface area contributed by atoms with E-state index < -0.39 is 18.0 Å². The van der Waals surface area contributed by atoms with E-state index in [1.807, 2.05) is 0 Å². The number of amides is 1. The average molecular weight is 413 g/mol. The summed E-state index contributed by atoms with van der Waals surface area (Å²) in [6.07, 6.45) is -0.832. The van der Waals surface area contributed by atoms with Gasteiger partial charge in [0.2, 0.25) is 12.7 Å². The van der Waals surface area contributed by atoms with Crippen LogP contribution in [0, 0.1) is 5.82 Å². The van der Waals surface area contributed by atoms with Gasteiger partial charge in [-0.2, -0.15) is 0 Å². The third kappa shape index (κ3) is 4.22. The van der Waals surface area contributed by atoms with E-state index in [0.717, 1.165) is 0 Å². The molecule has 1 aliphatic rings. The van der Waals surface area contributed by atoms with Gasteiger partial charge in [-0.1, -0.05) is 0 Å². The molecule has 9 nitrogen and oxygen atoms in total. The molecular weight excluding hydrogens is 397 g/mol. The highest BCUT2D eigenvalue weighted by atomic mass is 19.1. The molecule has 0 saturated heterocycles. The van der Waals surface area contributed by atoms with E-state index in [1.165, 1.54) is 30.3 Å². The fourth-order valence-corrected chi connectivity index (χ4v) is 2.69. The largest absolute Gasteiger partial charge is 0.454 e. The number of esters is 1. The Morgan fingerprint density at radius 2 is 1.90 bits per heavy atom. The Morgan fingerprint density at radius 3 is 2.70 bits per heavy atom. The lowest BCUT2D eigenvalue weighted by atomic mass is 10.2. The monoisotopic (exact) mass is 413 g/mol. The summed E-state index contributed by atoms with van der Waals surface area (Å²) in [5.74, 6) is -0.267. The quantitative estimate of drug-likeness (QED) is 0.614. The van der Waals surface area contributed by atoms with Crippen molar-refractivity contribution in [2.24, 2.45) is 0 Å². The van der Waals surface area contributed by atoms with Crippen molar-refractivity contribution in [3.8, 4) is 23.0 Å². The molecule has 0 unspecified atom stereocenters. The molecule has 2 heterocycles. The molecule has 1 atom stereocenters. The number of hydrogen-bond acceptors (Lipinski definition) is 8. The lowest BCUT2D eigenvalue weighted by molar-refractivity contribution is -0.148. The van der Waals surface area contributed by atoms with E-state index in [2.05, 4.69) is 15.5 Å². The van der Waals surface area contributed by atoms with E-state index in [1.54, 1.807) is 19.1 Å². The van der Waals surface area contributed by atoms with E-state index in [9.17, 15) is 14.0 Å². The zero-order chi connectivity index (χ0) is 21.1. The van der Waals surface area contributed by atoms with Gasteiger partial charge in [0, 0.05) is 11.1 Å². The minimum Gasteiger partial charge on any atom is -0.454 e. The van der Waals surface area contributed by atoms with Gasteiger partial charge in [0.15, 0.2) is 17.6 Å². The Morgan fingerprint density at radius 1 is 1.13 bits per heavy atom. The van der Waals surface area contributed by atoms with Crippen LogP contribution < -0.4 is 14.8 Å². The van der Waals surface area contributed by atoms with Crippen molar-refractivity contribution in [3.05, 3.63) is 59.7 Å². The SMILES string of the molecule is C[C@@H](OC(=O)CNC(=O)c1ccc2c(c1)OCO2)c1nnc(-c2ccc(F)cc2)o1. The smallest absolute Gasteiger partial charge is 0.326 e. The van der Waals surface area contributed by atoms with Crippen LogP contribution in [0.4, 0.5) is 4.39 Å². The summed E-state index contributed by atoms with van der Waals surface area (Å²) >= 11 is 0. The molecule has 1 amide bonds. The molecular formula is C20H16FN3O6. The van der Waals surface area contributed by atoms with E-state index in [-0.39, 0.29) is 30.9 Å². The normalized spacial score (nSPS) is 13.0. The molecule has 0 spiro atoms. The minimum atomic E-state index is -0.832. The Bertz CT molecular complexity index is 1080. The third-order valence-corrected chi connectivity index (χ3v) is 4.22. The summed E-state index contributed by atoms with van der Waals surface area (Å²) in [4.78, 5) is 24.3. The number of benzene rings is 2. The highest BCUT2D eigenvalue weighted by Crippen LogP contribution is 2.32. The first-order valence-electron chi connectivity index (χ1n) is 8.96. The van der Waals surface area contributed by atoms with Crippen LogP contribution in [-0.2, 0) is 9.53 Å². The Kier molecular flexibility index (Phi) is 5.29. The molecule has 0 aliphatic carbocycles. The van der Waals surface area contributed by atoms with Crippen molar-refractivity contribution in [2.75, 3.05) is 13.3 Å². The number of hydrogen-bond donors (Lipinski definition) is 1. The Hall–Kier alpha value is -3.95. The van der Waals surface area contributed by atoms with Crippen molar-refractivity contribution in [3.63, 3.8) is 0 Å². The highest BCUT2D eigenvalue weighted by molar-refractivity contribution is 5.96. The van der Waals surface area contributed by atoms with E-state index in [0.29, 0.717) is 22.6 Å².